The van der Waals surface area contributed by atoms with Crippen LogP contribution in [0.3, 0.4) is 0 Å². The van der Waals surface area contributed by atoms with Crippen LogP contribution in [0.5, 0.6) is 0 Å². The minimum atomic E-state index is -0.00941. The maximum absolute atomic E-state index is 12.5. The van der Waals surface area contributed by atoms with E-state index < -0.39 is 0 Å². The Morgan fingerprint density at radius 2 is 1.88 bits per heavy atom. The molecule has 2 aliphatic heterocycles. The van der Waals surface area contributed by atoms with Gasteiger partial charge in [-0.2, -0.15) is 0 Å². The van der Waals surface area contributed by atoms with Crippen molar-refractivity contribution in [3.63, 3.8) is 0 Å². The molecule has 6 heteroatoms. The molecule has 4 rings (SSSR count). The Labute approximate surface area is 157 Å². The van der Waals surface area contributed by atoms with Gasteiger partial charge in [-0.25, -0.2) is 4.98 Å². The van der Waals surface area contributed by atoms with Gasteiger partial charge in [0.05, 0.1) is 0 Å². The van der Waals surface area contributed by atoms with Crippen LogP contribution in [0.4, 0.5) is 0 Å². The van der Waals surface area contributed by atoms with E-state index in [1.54, 1.807) is 12.3 Å². The summed E-state index contributed by atoms with van der Waals surface area (Å²) in [5.41, 5.74) is 1.29. The number of aromatic nitrogens is 1. The van der Waals surface area contributed by atoms with E-state index in [9.17, 15) is 9.59 Å². The molecule has 2 fully saturated rings. The lowest BCUT2D eigenvalue weighted by atomic mass is 9.95. The van der Waals surface area contributed by atoms with E-state index in [1.807, 2.05) is 30.3 Å². The molecule has 134 valence electrons. The topological polar surface area (TPSA) is 71.1 Å². The molecule has 0 radical (unpaired) electrons. The summed E-state index contributed by atoms with van der Waals surface area (Å²) in [7, 11) is 0. The zero-order valence-electron chi connectivity index (χ0n) is 14.6. The van der Waals surface area contributed by atoms with E-state index in [0.29, 0.717) is 23.2 Å². The van der Waals surface area contributed by atoms with Crippen LogP contribution in [0.2, 0.25) is 0 Å². The van der Waals surface area contributed by atoms with Crippen LogP contribution < -0.4 is 10.6 Å². The smallest absolute Gasteiger partial charge is 0.251 e. The van der Waals surface area contributed by atoms with E-state index in [4.69, 9.17) is 0 Å². The van der Waals surface area contributed by atoms with E-state index in [1.165, 1.54) is 25.1 Å². The van der Waals surface area contributed by atoms with Gasteiger partial charge in [-0.05, 0) is 62.6 Å². The number of amides is 1. The second-order valence-electron chi connectivity index (χ2n) is 6.93. The standard InChI is InChI=1S/C20H21N3O2S/c1-12(24)14-4-9-19(21-11-14)26-16-6-2-13(3-7-16)20(25)23-18-10-15-5-8-17(18)22-15/h2-4,6-7,9,11,15,17-18,22H,5,8,10H2,1H3,(H,23,25). The monoisotopic (exact) mass is 367 g/mol. The first kappa shape index (κ1) is 17.2. The fourth-order valence-electron chi connectivity index (χ4n) is 3.68. The van der Waals surface area contributed by atoms with Crippen LogP contribution in [-0.4, -0.2) is 34.8 Å². The van der Waals surface area contributed by atoms with Crippen LogP contribution in [-0.2, 0) is 0 Å². The number of carbonyl (C=O) groups is 2. The predicted octanol–water partition coefficient (Wildman–Crippen LogP) is 3.06. The second-order valence-corrected chi connectivity index (χ2v) is 8.02. The highest BCUT2D eigenvalue weighted by Gasteiger charge is 2.39. The average Bonchev–Trinajstić information content (AvgIpc) is 3.26. The van der Waals surface area contributed by atoms with Gasteiger partial charge in [0.2, 0.25) is 0 Å². The normalized spacial score (nSPS) is 23.8. The minimum Gasteiger partial charge on any atom is -0.348 e. The Morgan fingerprint density at radius 3 is 2.46 bits per heavy atom. The first-order chi connectivity index (χ1) is 12.6. The number of hydrogen-bond donors (Lipinski definition) is 2. The molecule has 2 saturated heterocycles. The maximum atomic E-state index is 12.5. The molecule has 2 bridgehead atoms. The fourth-order valence-corrected chi connectivity index (χ4v) is 4.43. The molecule has 0 aliphatic carbocycles. The molecule has 3 atom stereocenters. The lowest BCUT2D eigenvalue weighted by molar-refractivity contribution is 0.0930. The summed E-state index contributed by atoms with van der Waals surface area (Å²) in [4.78, 5) is 29.1. The van der Waals surface area contributed by atoms with Gasteiger partial charge in [0, 0.05) is 40.3 Å². The van der Waals surface area contributed by atoms with E-state index in [0.717, 1.165) is 22.8 Å². The zero-order chi connectivity index (χ0) is 18.1. The van der Waals surface area contributed by atoms with Crippen molar-refractivity contribution in [3.05, 3.63) is 53.7 Å². The second kappa shape index (κ2) is 7.21. The van der Waals surface area contributed by atoms with Crippen molar-refractivity contribution in [1.29, 1.82) is 0 Å². The molecule has 1 amide bonds. The highest BCUT2D eigenvalue weighted by molar-refractivity contribution is 7.99. The Morgan fingerprint density at radius 1 is 1.12 bits per heavy atom. The largest absolute Gasteiger partial charge is 0.348 e. The molecule has 5 nitrogen and oxygen atoms in total. The third-order valence-electron chi connectivity index (χ3n) is 5.10. The van der Waals surface area contributed by atoms with Gasteiger partial charge in [0.15, 0.2) is 5.78 Å². The van der Waals surface area contributed by atoms with Gasteiger partial charge >= 0.3 is 0 Å². The third kappa shape index (κ3) is 3.66. The minimum absolute atomic E-state index is 0.00935. The number of carbonyl (C=O) groups excluding carboxylic acids is 2. The number of hydrogen-bond acceptors (Lipinski definition) is 5. The van der Waals surface area contributed by atoms with Crippen molar-refractivity contribution in [3.8, 4) is 0 Å². The zero-order valence-corrected chi connectivity index (χ0v) is 15.4. The number of benzene rings is 1. The number of fused-ring (bicyclic) bond motifs is 2. The van der Waals surface area contributed by atoms with E-state index in [-0.39, 0.29) is 17.7 Å². The average molecular weight is 367 g/mol. The van der Waals surface area contributed by atoms with Crippen molar-refractivity contribution in [2.45, 2.75) is 54.2 Å². The Hall–Kier alpha value is -2.18. The number of nitrogens with one attached hydrogen (secondary N) is 2. The molecule has 0 spiro atoms. The molecule has 3 heterocycles. The Bertz CT molecular complexity index is 820. The Balaban J connectivity index is 1.37. The Kier molecular flexibility index (Phi) is 4.78. The van der Waals surface area contributed by atoms with Gasteiger partial charge in [-0.1, -0.05) is 11.8 Å². The number of nitrogens with zero attached hydrogens (tertiary/aromatic N) is 1. The lowest BCUT2D eigenvalue weighted by Gasteiger charge is -2.21. The van der Waals surface area contributed by atoms with Gasteiger partial charge < -0.3 is 10.6 Å². The van der Waals surface area contributed by atoms with Crippen molar-refractivity contribution in [2.75, 3.05) is 0 Å². The summed E-state index contributed by atoms with van der Waals surface area (Å²) in [6, 6.07) is 12.4. The van der Waals surface area contributed by atoms with Crippen molar-refractivity contribution < 1.29 is 9.59 Å². The van der Waals surface area contributed by atoms with Crippen molar-refractivity contribution >= 4 is 23.5 Å². The highest BCUT2D eigenvalue weighted by atomic mass is 32.2. The van der Waals surface area contributed by atoms with Crippen LogP contribution in [0, 0.1) is 0 Å². The predicted molar refractivity (Wildman–Crippen MR) is 101 cm³/mol. The highest BCUT2D eigenvalue weighted by Crippen LogP contribution is 2.29. The molecule has 2 aromatic rings. The number of ketones is 1. The molecule has 2 aliphatic rings. The molecule has 26 heavy (non-hydrogen) atoms. The molecule has 3 unspecified atom stereocenters. The SMILES string of the molecule is CC(=O)c1ccc(Sc2ccc(C(=O)NC3CC4CCC3N4)cc2)nc1. The maximum Gasteiger partial charge on any atom is 0.251 e. The lowest BCUT2D eigenvalue weighted by Crippen LogP contribution is -2.42. The summed E-state index contributed by atoms with van der Waals surface area (Å²) >= 11 is 1.51. The van der Waals surface area contributed by atoms with Gasteiger partial charge in [0.25, 0.3) is 5.91 Å². The van der Waals surface area contributed by atoms with E-state index in [2.05, 4.69) is 15.6 Å². The van der Waals surface area contributed by atoms with Crippen LogP contribution in [0.25, 0.3) is 0 Å². The molecular weight excluding hydrogens is 346 g/mol. The summed E-state index contributed by atoms with van der Waals surface area (Å²) in [5, 5.41) is 7.52. The van der Waals surface area contributed by atoms with E-state index >= 15 is 0 Å². The summed E-state index contributed by atoms with van der Waals surface area (Å²) in [6.07, 6.45) is 5.01. The van der Waals surface area contributed by atoms with Gasteiger partial charge in [-0.3, -0.25) is 9.59 Å². The van der Waals surface area contributed by atoms with Gasteiger partial charge in [-0.15, -0.1) is 0 Å². The van der Waals surface area contributed by atoms with Crippen LogP contribution in [0.1, 0.15) is 46.9 Å². The number of pyridine rings is 1. The fraction of sp³-hybridized carbons (Fsp3) is 0.350. The van der Waals surface area contributed by atoms with Crippen molar-refractivity contribution in [1.82, 2.24) is 15.6 Å². The van der Waals surface area contributed by atoms with Crippen LogP contribution >= 0.6 is 11.8 Å². The molecule has 0 saturated carbocycles. The number of Topliss-reactive ketones (excluding diaryl/α,β-unsaturated/α-hetero) is 1. The molecule has 1 aromatic carbocycles. The first-order valence-corrected chi connectivity index (χ1v) is 9.72. The molecule has 2 N–H and O–H groups in total. The number of rotatable bonds is 5. The molecule has 1 aromatic heterocycles. The quantitative estimate of drug-likeness (QED) is 0.795. The third-order valence-corrected chi connectivity index (χ3v) is 6.06. The molecular formula is C20H21N3O2S. The first-order valence-electron chi connectivity index (χ1n) is 8.90. The van der Waals surface area contributed by atoms with Gasteiger partial charge in [0.1, 0.15) is 5.03 Å². The summed E-state index contributed by atoms with van der Waals surface area (Å²) < 4.78 is 0. The van der Waals surface area contributed by atoms with Crippen molar-refractivity contribution in [2.24, 2.45) is 0 Å². The summed E-state index contributed by atoms with van der Waals surface area (Å²) in [5.74, 6) is -0.0000596. The van der Waals surface area contributed by atoms with Crippen LogP contribution in [0.15, 0.2) is 52.5 Å². The summed E-state index contributed by atoms with van der Waals surface area (Å²) in [6.45, 7) is 1.53.